The third kappa shape index (κ3) is 4.63. The first-order valence-corrected chi connectivity index (χ1v) is 11.6. The van der Waals surface area contributed by atoms with Gasteiger partial charge in [-0.05, 0) is 40.8 Å². The van der Waals surface area contributed by atoms with E-state index in [9.17, 15) is 0 Å². The highest BCUT2D eigenvalue weighted by molar-refractivity contribution is 5.87. The second-order valence-electron chi connectivity index (χ2n) is 8.76. The molecule has 0 bridgehead atoms. The predicted octanol–water partition coefficient (Wildman–Crippen LogP) is 3.82. The summed E-state index contributed by atoms with van der Waals surface area (Å²) >= 11 is 0. The molecule has 0 fully saturated rings. The maximum absolute atomic E-state index is 6.25. The molecule has 0 saturated heterocycles. The fourth-order valence-corrected chi connectivity index (χ4v) is 4.15. The minimum Gasteiger partial charge on any atom is -0.365 e. The molecule has 2 heterocycles. The number of imidazole rings is 1. The lowest BCUT2D eigenvalue weighted by Gasteiger charge is -2.14. The molecule has 0 aliphatic carbocycles. The minimum absolute atomic E-state index is 0.271. The second-order valence-corrected chi connectivity index (χ2v) is 8.76. The number of benzene rings is 2. The van der Waals surface area contributed by atoms with E-state index in [2.05, 4.69) is 91.2 Å². The van der Waals surface area contributed by atoms with Gasteiger partial charge in [0.15, 0.2) is 0 Å². The van der Waals surface area contributed by atoms with Crippen molar-refractivity contribution >= 4 is 23.6 Å². The highest BCUT2D eigenvalue weighted by Gasteiger charge is 2.20. The summed E-state index contributed by atoms with van der Waals surface area (Å²) in [6.45, 7) is 13.4. The Kier molecular flexibility index (Phi) is 6.50. The molecule has 3 aromatic rings. The topological polar surface area (TPSA) is 68.2 Å². The zero-order chi connectivity index (χ0) is 23.5. The van der Waals surface area contributed by atoms with Gasteiger partial charge in [0.2, 0.25) is 0 Å². The molecular weight excluding hydrogens is 406 g/mol. The summed E-state index contributed by atoms with van der Waals surface area (Å²) in [5.41, 5.74) is 5.61. The Balaban J connectivity index is 1.51. The largest absolute Gasteiger partial charge is 0.365 e. The van der Waals surface area contributed by atoms with Gasteiger partial charge in [0.05, 0.1) is 29.1 Å². The van der Waals surface area contributed by atoms with Crippen molar-refractivity contribution in [1.82, 2.24) is 15.0 Å². The number of nitrogens with two attached hydrogens (primary N) is 1. The van der Waals surface area contributed by atoms with Crippen LogP contribution >= 0.6 is 0 Å². The Morgan fingerprint density at radius 1 is 1.15 bits per heavy atom. The van der Waals surface area contributed by atoms with Crippen LogP contribution in [0.1, 0.15) is 50.7 Å². The molecule has 1 atom stereocenters. The number of aromatic nitrogens is 2. The van der Waals surface area contributed by atoms with Crippen LogP contribution in [0, 0.1) is 5.92 Å². The van der Waals surface area contributed by atoms with Crippen LogP contribution in [0.5, 0.6) is 0 Å². The summed E-state index contributed by atoms with van der Waals surface area (Å²) in [5, 5.41) is 5.31. The number of aryl methyl sites for hydroxylation is 1. The summed E-state index contributed by atoms with van der Waals surface area (Å²) in [5.74, 6) is 8.65. The monoisotopic (exact) mass is 439 g/mol. The zero-order valence-electron chi connectivity index (χ0n) is 20.0. The van der Waals surface area contributed by atoms with Crippen molar-refractivity contribution in [3.05, 3.63) is 82.8 Å². The number of nitrogens with zero attached hydrogens (tertiary/aromatic N) is 3. The van der Waals surface area contributed by atoms with Gasteiger partial charge >= 0.3 is 0 Å². The maximum Gasteiger partial charge on any atom is 0.128 e. The van der Waals surface area contributed by atoms with E-state index < -0.39 is 0 Å². The Bertz CT molecular complexity index is 1290. The van der Waals surface area contributed by atoms with Crippen molar-refractivity contribution in [3.63, 3.8) is 0 Å². The second kappa shape index (κ2) is 9.49. The number of nitrogen functional groups attached to an aromatic ring is 1. The molecule has 5 heteroatoms. The van der Waals surface area contributed by atoms with Crippen LogP contribution in [-0.4, -0.2) is 22.0 Å². The Morgan fingerprint density at radius 2 is 1.79 bits per heavy atom. The molecule has 0 amide bonds. The van der Waals surface area contributed by atoms with E-state index in [1.165, 1.54) is 16.7 Å². The van der Waals surface area contributed by atoms with E-state index in [4.69, 9.17) is 5.84 Å². The van der Waals surface area contributed by atoms with E-state index in [1.54, 1.807) is 4.68 Å². The van der Waals surface area contributed by atoms with Crippen LogP contribution in [0.2, 0.25) is 0 Å². The van der Waals surface area contributed by atoms with E-state index in [0.29, 0.717) is 5.92 Å². The van der Waals surface area contributed by atoms with Gasteiger partial charge in [-0.25, -0.2) is 9.66 Å². The lowest BCUT2D eigenvalue weighted by molar-refractivity contribution is 0.693. The number of rotatable bonds is 6. The van der Waals surface area contributed by atoms with Gasteiger partial charge in [0, 0.05) is 12.3 Å². The van der Waals surface area contributed by atoms with E-state index >= 15 is 0 Å². The van der Waals surface area contributed by atoms with Crippen molar-refractivity contribution in [2.24, 2.45) is 10.9 Å². The van der Waals surface area contributed by atoms with Crippen LogP contribution in [0.4, 0.5) is 0 Å². The van der Waals surface area contributed by atoms with Crippen molar-refractivity contribution in [1.29, 1.82) is 0 Å². The summed E-state index contributed by atoms with van der Waals surface area (Å²) in [6, 6.07) is 17.5. The van der Waals surface area contributed by atoms with Crippen LogP contribution < -0.4 is 21.9 Å². The summed E-state index contributed by atoms with van der Waals surface area (Å²) in [7, 11) is 0. The van der Waals surface area contributed by atoms with Crippen molar-refractivity contribution in [2.45, 2.75) is 40.2 Å². The predicted molar refractivity (Wildman–Crippen MR) is 140 cm³/mol. The SMILES string of the molecule is C=C(/C=c1\c(=C/C)nc(CC)n1N)c1ccc(-c2ccc(C3CN=C(C(C)C)N3)cc2)cc1. The lowest BCUT2D eigenvalue weighted by atomic mass is 9.98. The molecule has 0 spiro atoms. The minimum atomic E-state index is 0.271. The fraction of sp³-hybridized carbons (Fsp3) is 0.286. The van der Waals surface area contributed by atoms with Gasteiger partial charge < -0.3 is 11.2 Å². The van der Waals surface area contributed by atoms with Crippen molar-refractivity contribution < 1.29 is 0 Å². The maximum atomic E-state index is 6.25. The van der Waals surface area contributed by atoms with Crippen LogP contribution in [0.25, 0.3) is 28.9 Å². The summed E-state index contributed by atoms with van der Waals surface area (Å²) in [6.07, 6.45) is 4.77. The van der Waals surface area contributed by atoms with Gasteiger partial charge in [-0.1, -0.05) is 82.0 Å². The summed E-state index contributed by atoms with van der Waals surface area (Å²) in [4.78, 5) is 9.22. The average Bonchev–Trinajstić information content (AvgIpc) is 3.45. The third-order valence-electron chi connectivity index (χ3n) is 6.17. The molecule has 5 nitrogen and oxygen atoms in total. The molecule has 1 unspecified atom stereocenters. The molecule has 2 aromatic carbocycles. The Morgan fingerprint density at radius 3 is 2.33 bits per heavy atom. The lowest BCUT2D eigenvalue weighted by Crippen LogP contribution is -2.34. The summed E-state index contributed by atoms with van der Waals surface area (Å²) < 4.78 is 1.66. The molecular formula is C28H33N5. The van der Waals surface area contributed by atoms with Crippen LogP contribution in [0.15, 0.2) is 60.1 Å². The van der Waals surface area contributed by atoms with Gasteiger partial charge in [0.1, 0.15) is 5.82 Å². The van der Waals surface area contributed by atoms with Gasteiger partial charge in [0.25, 0.3) is 0 Å². The highest BCUT2D eigenvalue weighted by Crippen LogP contribution is 2.26. The number of hydrogen-bond acceptors (Lipinski definition) is 4. The van der Waals surface area contributed by atoms with E-state index in [0.717, 1.165) is 46.5 Å². The van der Waals surface area contributed by atoms with Gasteiger partial charge in [-0.2, -0.15) is 0 Å². The molecule has 1 aliphatic rings. The van der Waals surface area contributed by atoms with E-state index in [1.807, 2.05) is 19.1 Å². The van der Waals surface area contributed by atoms with E-state index in [-0.39, 0.29) is 6.04 Å². The number of aliphatic imine (C=N–C) groups is 1. The molecule has 1 aromatic heterocycles. The third-order valence-corrected chi connectivity index (χ3v) is 6.17. The molecule has 3 N–H and O–H groups in total. The first-order valence-electron chi connectivity index (χ1n) is 11.6. The molecule has 1 aliphatic heterocycles. The molecule has 4 rings (SSSR count). The number of allylic oxidation sites excluding steroid dienone is 1. The first kappa shape index (κ1) is 22.6. The quantitative estimate of drug-likeness (QED) is 0.574. The Labute approximate surface area is 196 Å². The normalized spacial score (nSPS) is 16.9. The molecule has 33 heavy (non-hydrogen) atoms. The smallest absolute Gasteiger partial charge is 0.128 e. The molecule has 170 valence electrons. The average molecular weight is 440 g/mol. The first-order chi connectivity index (χ1) is 15.9. The molecule has 0 radical (unpaired) electrons. The van der Waals surface area contributed by atoms with Crippen molar-refractivity contribution in [3.8, 4) is 11.1 Å². The van der Waals surface area contributed by atoms with Crippen LogP contribution in [0.3, 0.4) is 0 Å². The van der Waals surface area contributed by atoms with Crippen LogP contribution in [-0.2, 0) is 6.42 Å². The van der Waals surface area contributed by atoms with Crippen molar-refractivity contribution in [2.75, 3.05) is 12.4 Å². The zero-order valence-corrected chi connectivity index (χ0v) is 20.0. The van der Waals surface area contributed by atoms with Gasteiger partial charge in [-0.3, -0.25) is 4.99 Å². The Hall–Kier alpha value is -3.60. The number of amidine groups is 1. The number of hydrogen-bond donors (Lipinski definition) is 2. The van der Waals surface area contributed by atoms with Gasteiger partial charge in [-0.15, -0.1) is 0 Å². The highest BCUT2D eigenvalue weighted by atomic mass is 15.3. The fourth-order valence-electron chi connectivity index (χ4n) is 4.15. The number of nitrogens with one attached hydrogen (secondary N) is 1. The standard InChI is InChI=1S/C28H33N5/c1-6-24-26(33(29)27(7-2)31-24)16-19(5)20-8-10-21(11-9-20)22-12-14-23(15-13-22)25-17-30-28(32-25)18(3)4/h6,8-16,18,25H,5,7,17,29H2,1-4H3,(H,30,32)/b24-6+,26-16+. The molecule has 0 saturated carbocycles.